The van der Waals surface area contributed by atoms with Gasteiger partial charge in [0.2, 0.25) is 0 Å². The Balaban J connectivity index is 1.92. The molecule has 0 amide bonds. The molecule has 0 saturated carbocycles. The first-order valence-electron chi connectivity index (χ1n) is 9.19. The number of likely N-dealkylation sites (tertiary alicyclic amines) is 1. The standard InChI is InChI=1S/C20H24F3N3O2/c1-12-7-14(20(21,22)23)9-17(27)19(12)16-10-18(28-3)15(24-25-16)8-13-5-4-6-26(2)11-13/h7,9-10,13,27H,4-6,8,11H2,1-3H3/t13-/m0/s1. The number of aromatic hydroxyl groups is 1. The van der Waals surface area contributed by atoms with Crippen LogP contribution in [0.1, 0.15) is 29.7 Å². The lowest BCUT2D eigenvalue weighted by molar-refractivity contribution is -0.137. The van der Waals surface area contributed by atoms with Crippen molar-refractivity contribution >= 4 is 0 Å². The van der Waals surface area contributed by atoms with E-state index in [9.17, 15) is 18.3 Å². The number of methoxy groups -OCH3 is 1. The molecule has 0 spiro atoms. The molecule has 28 heavy (non-hydrogen) atoms. The van der Waals surface area contributed by atoms with Crippen LogP contribution in [0.4, 0.5) is 13.2 Å². The van der Waals surface area contributed by atoms with Crippen molar-refractivity contribution in [1.29, 1.82) is 0 Å². The van der Waals surface area contributed by atoms with Crippen LogP contribution in [0.25, 0.3) is 11.3 Å². The number of phenols is 1. The third-order valence-electron chi connectivity index (χ3n) is 5.15. The quantitative estimate of drug-likeness (QED) is 0.846. The molecule has 1 aliphatic heterocycles. The van der Waals surface area contributed by atoms with Crippen molar-refractivity contribution in [2.45, 2.75) is 32.4 Å². The highest BCUT2D eigenvalue weighted by Crippen LogP contribution is 2.39. The van der Waals surface area contributed by atoms with Crippen LogP contribution in [0, 0.1) is 12.8 Å². The van der Waals surface area contributed by atoms with Gasteiger partial charge in [0.25, 0.3) is 0 Å². The van der Waals surface area contributed by atoms with E-state index in [0.29, 0.717) is 17.7 Å². The molecule has 1 aromatic carbocycles. The van der Waals surface area contributed by atoms with Gasteiger partial charge in [-0.15, -0.1) is 5.10 Å². The molecule has 0 unspecified atom stereocenters. The zero-order valence-corrected chi connectivity index (χ0v) is 16.2. The normalized spacial score (nSPS) is 18.3. The van der Waals surface area contributed by atoms with Gasteiger partial charge in [-0.05, 0) is 63.4 Å². The third kappa shape index (κ3) is 4.38. The molecular weight excluding hydrogens is 371 g/mol. The number of hydrogen-bond acceptors (Lipinski definition) is 5. The molecule has 3 rings (SSSR count). The van der Waals surface area contributed by atoms with E-state index in [4.69, 9.17) is 4.74 Å². The second kappa shape index (κ2) is 7.95. The summed E-state index contributed by atoms with van der Waals surface area (Å²) in [5.41, 5.74) is 0.595. The fourth-order valence-corrected chi connectivity index (χ4v) is 3.82. The monoisotopic (exact) mass is 395 g/mol. The van der Waals surface area contributed by atoms with Crippen LogP contribution in [0.2, 0.25) is 0 Å². The van der Waals surface area contributed by atoms with Gasteiger partial charge < -0.3 is 14.7 Å². The summed E-state index contributed by atoms with van der Waals surface area (Å²) in [4.78, 5) is 2.28. The summed E-state index contributed by atoms with van der Waals surface area (Å²) in [6, 6.07) is 3.33. The van der Waals surface area contributed by atoms with Gasteiger partial charge in [0.1, 0.15) is 22.9 Å². The van der Waals surface area contributed by atoms with Crippen LogP contribution in [0.3, 0.4) is 0 Å². The van der Waals surface area contributed by atoms with Crippen LogP contribution in [0.15, 0.2) is 18.2 Å². The fourth-order valence-electron chi connectivity index (χ4n) is 3.82. The van der Waals surface area contributed by atoms with Gasteiger partial charge in [-0.25, -0.2) is 0 Å². The van der Waals surface area contributed by atoms with Crippen molar-refractivity contribution in [3.63, 3.8) is 0 Å². The number of hydrogen-bond donors (Lipinski definition) is 1. The van der Waals surface area contributed by atoms with Crippen molar-refractivity contribution in [3.05, 3.63) is 35.0 Å². The van der Waals surface area contributed by atoms with Crippen LogP contribution >= 0.6 is 0 Å². The van der Waals surface area contributed by atoms with Crippen molar-refractivity contribution in [2.24, 2.45) is 5.92 Å². The number of ether oxygens (including phenoxy) is 1. The van der Waals surface area contributed by atoms with E-state index in [0.717, 1.165) is 44.1 Å². The predicted octanol–water partition coefficient (Wildman–Crippen LogP) is 4.07. The largest absolute Gasteiger partial charge is 0.507 e. The highest BCUT2D eigenvalue weighted by atomic mass is 19.4. The van der Waals surface area contributed by atoms with Crippen molar-refractivity contribution in [2.75, 3.05) is 27.2 Å². The summed E-state index contributed by atoms with van der Waals surface area (Å²) >= 11 is 0. The predicted molar refractivity (Wildman–Crippen MR) is 99.3 cm³/mol. The number of benzene rings is 1. The first-order chi connectivity index (χ1) is 13.2. The van der Waals surface area contributed by atoms with Crippen molar-refractivity contribution < 1.29 is 23.0 Å². The minimum absolute atomic E-state index is 0.225. The Morgan fingerprint density at radius 2 is 2.00 bits per heavy atom. The zero-order valence-electron chi connectivity index (χ0n) is 16.2. The number of phenolic OH excluding ortho intramolecular Hbond substituents is 1. The van der Waals surface area contributed by atoms with E-state index in [2.05, 4.69) is 22.1 Å². The summed E-state index contributed by atoms with van der Waals surface area (Å²) < 4.78 is 44.3. The highest BCUT2D eigenvalue weighted by molar-refractivity contribution is 5.72. The summed E-state index contributed by atoms with van der Waals surface area (Å²) in [5.74, 6) is 0.497. The molecular formula is C20H24F3N3O2. The molecule has 8 heteroatoms. The van der Waals surface area contributed by atoms with Gasteiger partial charge in [0.15, 0.2) is 0 Å². The Kier molecular flexibility index (Phi) is 5.79. The average Bonchev–Trinajstić information content (AvgIpc) is 2.61. The number of aryl methyl sites for hydroxylation is 1. The zero-order chi connectivity index (χ0) is 20.5. The van der Waals surface area contributed by atoms with E-state index in [-0.39, 0.29) is 16.8 Å². The number of aromatic nitrogens is 2. The van der Waals surface area contributed by atoms with E-state index in [1.165, 1.54) is 14.0 Å². The molecule has 1 fully saturated rings. The lowest BCUT2D eigenvalue weighted by atomic mass is 9.93. The molecule has 1 aromatic heterocycles. The number of nitrogens with zero attached hydrogens (tertiary/aromatic N) is 3. The van der Waals surface area contributed by atoms with Crippen LogP contribution in [-0.4, -0.2) is 47.5 Å². The molecule has 1 saturated heterocycles. The molecule has 152 valence electrons. The highest BCUT2D eigenvalue weighted by Gasteiger charge is 2.32. The molecule has 2 heterocycles. The van der Waals surface area contributed by atoms with E-state index >= 15 is 0 Å². The molecule has 2 aromatic rings. The summed E-state index contributed by atoms with van der Waals surface area (Å²) in [7, 11) is 3.62. The summed E-state index contributed by atoms with van der Waals surface area (Å²) in [6.07, 6.45) is -1.57. The number of piperidine rings is 1. The molecule has 0 radical (unpaired) electrons. The molecule has 1 aliphatic rings. The number of rotatable bonds is 4. The maximum atomic E-state index is 12.9. The van der Waals surface area contributed by atoms with Crippen molar-refractivity contribution in [3.8, 4) is 22.8 Å². The van der Waals surface area contributed by atoms with Gasteiger partial charge in [-0.3, -0.25) is 0 Å². The van der Waals surface area contributed by atoms with E-state index in [1.807, 2.05) is 0 Å². The van der Waals surface area contributed by atoms with Gasteiger partial charge in [0, 0.05) is 18.2 Å². The van der Waals surface area contributed by atoms with Crippen LogP contribution in [0.5, 0.6) is 11.5 Å². The maximum absolute atomic E-state index is 12.9. The number of halogens is 3. The SMILES string of the molecule is COc1cc(-c2c(C)cc(C(F)(F)F)cc2O)nnc1C[C@@H]1CCCN(C)C1. The Morgan fingerprint density at radius 3 is 2.61 bits per heavy atom. The van der Waals surface area contributed by atoms with Crippen LogP contribution < -0.4 is 4.74 Å². The molecule has 1 atom stereocenters. The third-order valence-corrected chi connectivity index (χ3v) is 5.15. The van der Waals surface area contributed by atoms with E-state index < -0.39 is 17.5 Å². The minimum atomic E-state index is -4.53. The number of alkyl halides is 3. The van der Waals surface area contributed by atoms with E-state index in [1.54, 1.807) is 6.07 Å². The molecule has 0 aliphatic carbocycles. The summed E-state index contributed by atoms with van der Waals surface area (Å²) in [6.45, 7) is 3.57. The second-order valence-corrected chi connectivity index (χ2v) is 7.40. The Hall–Kier alpha value is -2.35. The Bertz CT molecular complexity index is 832. The van der Waals surface area contributed by atoms with Gasteiger partial charge in [0.05, 0.1) is 12.7 Å². The lowest BCUT2D eigenvalue weighted by Gasteiger charge is -2.29. The van der Waals surface area contributed by atoms with Gasteiger partial charge in [-0.2, -0.15) is 18.3 Å². The Labute approximate surface area is 162 Å². The first-order valence-corrected chi connectivity index (χ1v) is 9.19. The fraction of sp³-hybridized carbons (Fsp3) is 0.500. The average molecular weight is 395 g/mol. The maximum Gasteiger partial charge on any atom is 0.416 e. The second-order valence-electron chi connectivity index (χ2n) is 7.40. The molecule has 1 N–H and O–H groups in total. The topological polar surface area (TPSA) is 58.5 Å². The van der Waals surface area contributed by atoms with Crippen molar-refractivity contribution in [1.82, 2.24) is 15.1 Å². The van der Waals surface area contributed by atoms with Crippen LogP contribution in [-0.2, 0) is 12.6 Å². The smallest absolute Gasteiger partial charge is 0.416 e. The van der Waals surface area contributed by atoms with Gasteiger partial charge in [-0.1, -0.05) is 0 Å². The minimum Gasteiger partial charge on any atom is -0.507 e. The lowest BCUT2D eigenvalue weighted by Crippen LogP contribution is -2.33. The van der Waals surface area contributed by atoms with Gasteiger partial charge >= 0.3 is 6.18 Å². The molecule has 0 bridgehead atoms. The Morgan fingerprint density at radius 1 is 1.25 bits per heavy atom. The summed E-state index contributed by atoms with van der Waals surface area (Å²) in [5, 5.41) is 18.6. The first kappa shape index (κ1) is 20.4. The molecule has 5 nitrogen and oxygen atoms in total.